The van der Waals surface area contributed by atoms with E-state index in [0.29, 0.717) is 23.4 Å². The van der Waals surface area contributed by atoms with Crippen LogP contribution in [-0.4, -0.2) is 32.3 Å². The SMILES string of the molecule is CSc1cccc(NC(=O)Cn2nc3ccc(C(=O)NCc4ccccc4)cn3c2=O)c1. The van der Waals surface area contributed by atoms with Crippen LogP contribution in [-0.2, 0) is 17.9 Å². The molecular formula is C23H21N5O3S. The summed E-state index contributed by atoms with van der Waals surface area (Å²) in [7, 11) is 0. The molecule has 0 aliphatic heterocycles. The molecule has 2 aromatic heterocycles. The van der Waals surface area contributed by atoms with Crippen molar-refractivity contribution in [3.63, 3.8) is 0 Å². The van der Waals surface area contributed by atoms with E-state index in [9.17, 15) is 14.4 Å². The third-order valence-corrected chi connectivity index (χ3v) is 5.51. The van der Waals surface area contributed by atoms with Crippen molar-refractivity contribution in [2.45, 2.75) is 18.0 Å². The summed E-state index contributed by atoms with van der Waals surface area (Å²) >= 11 is 1.57. The molecule has 0 unspecified atom stereocenters. The predicted octanol–water partition coefficient (Wildman–Crippen LogP) is 2.79. The molecule has 0 saturated carbocycles. The summed E-state index contributed by atoms with van der Waals surface area (Å²) in [5.74, 6) is -0.670. The Morgan fingerprint density at radius 2 is 1.84 bits per heavy atom. The Labute approximate surface area is 188 Å². The number of thioether (sulfide) groups is 1. The topological polar surface area (TPSA) is 97.5 Å². The largest absolute Gasteiger partial charge is 0.350 e. The minimum absolute atomic E-state index is 0.237. The van der Waals surface area contributed by atoms with Gasteiger partial charge in [-0.2, -0.15) is 0 Å². The van der Waals surface area contributed by atoms with E-state index < -0.39 is 5.69 Å². The molecule has 0 radical (unpaired) electrons. The number of amides is 2. The van der Waals surface area contributed by atoms with Gasteiger partial charge in [0, 0.05) is 23.3 Å². The molecule has 8 nitrogen and oxygen atoms in total. The zero-order valence-corrected chi connectivity index (χ0v) is 18.1. The predicted molar refractivity (Wildman–Crippen MR) is 124 cm³/mol. The van der Waals surface area contributed by atoms with Crippen LogP contribution in [0.2, 0.25) is 0 Å². The van der Waals surface area contributed by atoms with Crippen molar-refractivity contribution in [2.75, 3.05) is 11.6 Å². The number of carbonyl (C=O) groups excluding carboxylic acids is 2. The van der Waals surface area contributed by atoms with Crippen molar-refractivity contribution in [1.29, 1.82) is 0 Å². The first-order valence-corrected chi connectivity index (χ1v) is 11.1. The van der Waals surface area contributed by atoms with Crippen molar-refractivity contribution in [2.24, 2.45) is 0 Å². The number of carbonyl (C=O) groups is 2. The first-order chi connectivity index (χ1) is 15.5. The lowest BCUT2D eigenvalue weighted by molar-refractivity contribution is -0.117. The van der Waals surface area contributed by atoms with E-state index in [-0.39, 0.29) is 18.4 Å². The highest BCUT2D eigenvalue weighted by Crippen LogP contribution is 2.18. The van der Waals surface area contributed by atoms with E-state index >= 15 is 0 Å². The molecule has 32 heavy (non-hydrogen) atoms. The molecule has 0 saturated heterocycles. The van der Waals surface area contributed by atoms with Gasteiger partial charge in [0.05, 0.1) is 5.56 Å². The lowest BCUT2D eigenvalue weighted by atomic mass is 10.2. The Balaban J connectivity index is 1.47. The van der Waals surface area contributed by atoms with Crippen molar-refractivity contribution in [3.8, 4) is 0 Å². The van der Waals surface area contributed by atoms with Crippen molar-refractivity contribution in [3.05, 3.63) is 94.5 Å². The van der Waals surface area contributed by atoms with Crippen LogP contribution in [0, 0.1) is 0 Å². The number of pyridine rings is 1. The van der Waals surface area contributed by atoms with Crippen molar-refractivity contribution in [1.82, 2.24) is 19.5 Å². The van der Waals surface area contributed by atoms with Gasteiger partial charge >= 0.3 is 5.69 Å². The van der Waals surface area contributed by atoms with E-state index in [0.717, 1.165) is 15.1 Å². The summed E-state index contributed by atoms with van der Waals surface area (Å²) in [6, 6.07) is 20.2. The van der Waals surface area contributed by atoms with Crippen molar-refractivity contribution < 1.29 is 9.59 Å². The zero-order valence-electron chi connectivity index (χ0n) is 17.3. The Bertz CT molecular complexity index is 1330. The zero-order chi connectivity index (χ0) is 22.5. The minimum Gasteiger partial charge on any atom is -0.348 e. The Morgan fingerprint density at radius 3 is 2.62 bits per heavy atom. The van der Waals surface area contributed by atoms with Crippen LogP contribution < -0.4 is 16.3 Å². The molecule has 162 valence electrons. The van der Waals surface area contributed by atoms with Crippen LogP contribution in [0.25, 0.3) is 5.65 Å². The third kappa shape index (κ3) is 4.89. The number of rotatable bonds is 7. The summed E-state index contributed by atoms with van der Waals surface area (Å²) in [6.07, 6.45) is 3.38. The van der Waals surface area contributed by atoms with Gasteiger partial charge in [0.2, 0.25) is 5.91 Å². The number of anilines is 1. The molecule has 4 rings (SSSR count). The number of nitrogens with one attached hydrogen (secondary N) is 2. The average molecular weight is 448 g/mol. The second-order valence-electron chi connectivity index (χ2n) is 7.03. The maximum Gasteiger partial charge on any atom is 0.350 e. The van der Waals surface area contributed by atoms with E-state index in [1.807, 2.05) is 54.8 Å². The summed E-state index contributed by atoms with van der Waals surface area (Å²) in [4.78, 5) is 38.6. The molecule has 0 atom stereocenters. The maximum absolute atomic E-state index is 12.7. The van der Waals surface area contributed by atoms with Gasteiger partial charge in [-0.05, 0) is 42.2 Å². The lowest BCUT2D eigenvalue weighted by Crippen LogP contribution is -2.28. The van der Waals surface area contributed by atoms with Gasteiger partial charge in [0.1, 0.15) is 6.54 Å². The quantitative estimate of drug-likeness (QED) is 0.425. The van der Waals surface area contributed by atoms with E-state index in [1.54, 1.807) is 30.0 Å². The molecule has 4 aromatic rings. The molecule has 2 N–H and O–H groups in total. The smallest absolute Gasteiger partial charge is 0.348 e. The van der Waals surface area contributed by atoms with Crippen LogP contribution in [0.4, 0.5) is 5.69 Å². The van der Waals surface area contributed by atoms with Gasteiger partial charge in [-0.25, -0.2) is 13.9 Å². The number of aromatic nitrogens is 3. The highest BCUT2D eigenvalue weighted by atomic mass is 32.2. The molecule has 0 aliphatic carbocycles. The van der Waals surface area contributed by atoms with Gasteiger partial charge in [-0.15, -0.1) is 16.9 Å². The monoisotopic (exact) mass is 447 g/mol. The first kappa shape index (κ1) is 21.4. The van der Waals surface area contributed by atoms with Crippen LogP contribution in [0.1, 0.15) is 15.9 Å². The van der Waals surface area contributed by atoms with Crippen LogP contribution in [0.3, 0.4) is 0 Å². The molecule has 2 heterocycles. The summed E-state index contributed by atoms with van der Waals surface area (Å²) in [5.41, 5.74) is 1.81. The molecule has 0 spiro atoms. The van der Waals surface area contributed by atoms with E-state index in [1.165, 1.54) is 10.6 Å². The third-order valence-electron chi connectivity index (χ3n) is 4.78. The first-order valence-electron chi connectivity index (χ1n) is 9.89. The molecular weight excluding hydrogens is 426 g/mol. The average Bonchev–Trinajstić information content (AvgIpc) is 3.12. The van der Waals surface area contributed by atoms with Gasteiger partial charge in [0.25, 0.3) is 5.91 Å². The minimum atomic E-state index is -0.495. The van der Waals surface area contributed by atoms with Gasteiger partial charge in [-0.1, -0.05) is 36.4 Å². The lowest BCUT2D eigenvalue weighted by Gasteiger charge is -2.06. The summed E-state index contributed by atoms with van der Waals surface area (Å²) in [5, 5.41) is 9.79. The number of hydrogen-bond acceptors (Lipinski definition) is 5. The number of fused-ring (bicyclic) bond motifs is 1. The van der Waals surface area contributed by atoms with Crippen molar-refractivity contribution >= 4 is 34.9 Å². The Morgan fingerprint density at radius 1 is 1.03 bits per heavy atom. The highest BCUT2D eigenvalue weighted by molar-refractivity contribution is 7.98. The Hall–Kier alpha value is -3.85. The molecule has 9 heteroatoms. The highest BCUT2D eigenvalue weighted by Gasteiger charge is 2.14. The molecule has 0 fully saturated rings. The van der Waals surface area contributed by atoms with Crippen LogP contribution >= 0.6 is 11.8 Å². The Kier molecular flexibility index (Phi) is 6.37. The molecule has 0 aliphatic rings. The number of hydrogen-bond donors (Lipinski definition) is 2. The van der Waals surface area contributed by atoms with Gasteiger partial charge in [-0.3, -0.25) is 9.59 Å². The standard InChI is InChI=1S/C23H21N5O3S/c1-32-19-9-5-8-18(12-19)25-21(29)15-28-23(31)27-14-17(10-11-20(27)26-28)22(30)24-13-16-6-3-2-4-7-16/h2-12,14H,13,15H2,1H3,(H,24,30)(H,25,29). The normalized spacial score (nSPS) is 10.8. The summed E-state index contributed by atoms with van der Waals surface area (Å²) < 4.78 is 2.34. The second kappa shape index (κ2) is 9.52. The van der Waals surface area contributed by atoms with E-state index in [4.69, 9.17) is 0 Å². The number of nitrogens with zero attached hydrogens (tertiary/aromatic N) is 3. The van der Waals surface area contributed by atoms with Crippen LogP contribution in [0.5, 0.6) is 0 Å². The molecule has 0 bridgehead atoms. The van der Waals surface area contributed by atoms with E-state index in [2.05, 4.69) is 15.7 Å². The van der Waals surface area contributed by atoms with Gasteiger partial charge in [0.15, 0.2) is 5.65 Å². The number of benzene rings is 2. The maximum atomic E-state index is 12.7. The van der Waals surface area contributed by atoms with Gasteiger partial charge < -0.3 is 10.6 Å². The molecule has 2 amide bonds. The summed E-state index contributed by atoms with van der Waals surface area (Å²) in [6.45, 7) is 0.142. The fraction of sp³-hybridized carbons (Fsp3) is 0.130. The fourth-order valence-electron chi connectivity index (χ4n) is 3.17. The van der Waals surface area contributed by atoms with Crippen LogP contribution in [0.15, 0.2) is 82.6 Å². The fourth-order valence-corrected chi connectivity index (χ4v) is 3.63. The molecule has 2 aromatic carbocycles. The second-order valence-corrected chi connectivity index (χ2v) is 7.91.